The third-order valence-electron chi connectivity index (χ3n) is 3.61. The van der Waals surface area contributed by atoms with Crippen molar-refractivity contribution in [2.75, 3.05) is 6.61 Å². The summed E-state index contributed by atoms with van der Waals surface area (Å²) in [5.74, 6) is 0.990. The maximum Gasteiger partial charge on any atom is 0.167 e. The maximum atomic E-state index is 12.4. The lowest BCUT2D eigenvalue weighted by atomic mass is 9.80. The van der Waals surface area contributed by atoms with E-state index in [1.165, 1.54) is 0 Å². The van der Waals surface area contributed by atoms with Crippen LogP contribution in [0.2, 0.25) is 0 Å². The van der Waals surface area contributed by atoms with Crippen LogP contribution in [0.5, 0.6) is 5.75 Å². The van der Waals surface area contributed by atoms with Crippen LogP contribution < -0.4 is 10.5 Å². The van der Waals surface area contributed by atoms with E-state index in [1.54, 1.807) is 0 Å². The standard InChI is InChI=1S/C15H21NO2/c1-2-18-12-9-7-11(8-10-12)15(17)13-5-3-4-6-14(13)16/h7-10,13-14H,2-6,16H2,1H3. The molecule has 1 aromatic rings. The van der Waals surface area contributed by atoms with E-state index >= 15 is 0 Å². The van der Waals surface area contributed by atoms with Gasteiger partial charge in [-0.2, -0.15) is 0 Å². The van der Waals surface area contributed by atoms with E-state index in [1.807, 2.05) is 31.2 Å². The summed E-state index contributed by atoms with van der Waals surface area (Å²) < 4.78 is 5.37. The number of carbonyl (C=O) groups excluding carboxylic acids is 1. The van der Waals surface area contributed by atoms with Crippen LogP contribution in [-0.2, 0) is 0 Å². The van der Waals surface area contributed by atoms with Crippen molar-refractivity contribution in [2.45, 2.75) is 38.6 Å². The van der Waals surface area contributed by atoms with Gasteiger partial charge >= 0.3 is 0 Å². The Labute approximate surface area is 108 Å². The second-order valence-electron chi connectivity index (χ2n) is 4.88. The summed E-state index contributed by atoms with van der Waals surface area (Å²) in [7, 11) is 0. The maximum absolute atomic E-state index is 12.4. The largest absolute Gasteiger partial charge is 0.494 e. The third kappa shape index (κ3) is 2.91. The summed E-state index contributed by atoms with van der Waals surface area (Å²) in [5.41, 5.74) is 6.80. The summed E-state index contributed by atoms with van der Waals surface area (Å²) >= 11 is 0. The lowest BCUT2D eigenvalue weighted by Crippen LogP contribution is -2.38. The molecular weight excluding hydrogens is 226 g/mol. The van der Waals surface area contributed by atoms with Gasteiger partial charge in [0.2, 0.25) is 0 Å². The van der Waals surface area contributed by atoms with E-state index in [2.05, 4.69) is 0 Å². The normalized spacial score (nSPS) is 23.7. The highest BCUT2D eigenvalue weighted by atomic mass is 16.5. The summed E-state index contributed by atoms with van der Waals surface area (Å²) in [6.45, 7) is 2.58. The molecule has 3 heteroatoms. The number of nitrogens with two attached hydrogens (primary N) is 1. The molecule has 0 heterocycles. The molecule has 2 rings (SSSR count). The first-order chi connectivity index (χ1) is 8.72. The molecule has 0 saturated heterocycles. The van der Waals surface area contributed by atoms with Gasteiger partial charge in [-0.1, -0.05) is 12.8 Å². The van der Waals surface area contributed by atoms with Crippen LogP contribution in [0, 0.1) is 5.92 Å². The Balaban J connectivity index is 2.08. The number of Topliss-reactive ketones (excluding diaryl/α,β-unsaturated/α-hetero) is 1. The van der Waals surface area contributed by atoms with Crippen LogP contribution in [0.25, 0.3) is 0 Å². The zero-order valence-electron chi connectivity index (χ0n) is 10.9. The molecule has 0 bridgehead atoms. The number of rotatable bonds is 4. The van der Waals surface area contributed by atoms with Gasteiger partial charge in [-0.25, -0.2) is 0 Å². The van der Waals surface area contributed by atoms with Crippen LogP contribution in [0.4, 0.5) is 0 Å². The van der Waals surface area contributed by atoms with E-state index in [0.717, 1.165) is 37.0 Å². The molecule has 18 heavy (non-hydrogen) atoms. The summed E-state index contributed by atoms with van der Waals surface area (Å²) in [6.07, 6.45) is 4.15. The van der Waals surface area contributed by atoms with Crippen LogP contribution in [0.15, 0.2) is 24.3 Å². The van der Waals surface area contributed by atoms with Crippen molar-refractivity contribution >= 4 is 5.78 Å². The Morgan fingerprint density at radius 3 is 2.56 bits per heavy atom. The lowest BCUT2D eigenvalue weighted by Gasteiger charge is -2.27. The van der Waals surface area contributed by atoms with E-state index < -0.39 is 0 Å². The van der Waals surface area contributed by atoms with Gasteiger partial charge in [0.15, 0.2) is 5.78 Å². The molecule has 0 aromatic heterocycles. The van der Waals surface area contributed by atoms with E-state index in [0.29, 0.717) is 6.61 Å². The molecule has 3 nitrogen and oxygen atoms in total. The minimum atomic E-state index is -0.00306. The second-order valence-corrected chi connectivity index (χ2v) is 4.88. The van der Waals surface area contributed by atoms with Gasteiger partial charge in [-0.05, 0) is 44.0 Å². The molecular formula is C15H21NO2. The molecule has 2 N–H and O–H groups in total. The highest BCUT2D eigenvalue weighted by molar-refractivity contribution is 5.98. The first-order valence-electron chi connectivity index (χ1n) is 6.75. The lowest BCUT2D eigenvalue weighted by molar-refractivity contribution is 0.0871. The van der Waals surface area contributed by atoms with E-state index in [9.17, 15) is 4.79 Å². The average Bonchev–Trinajstić information content (AvgIpc) is 2.40. The Morgan fingerprint density at radius 2 is 1.94 bits per heavy atom. The van der Waals surface area contributed by atoms with Crippen LogP contribution >= 0.6 is 0 Å². The monoisotopic (exact) mass is 247 g/mol. The first kappa shape index (κ1) is 13.1. The fourth-order valence-electron chi connectivity index (χ4n) is 2.58. The Kier molecular flexibility index (Phi) is 4.37. The van der Waals surface area contributed by atoms with E-state index in [4.69, 9.17) is 10.5 Å². The second kappa shape index (κ2) is 6.01. The molecule has 1 saturated carbocycles. The van der Waals surface area contributed by atoms with Gasteiger partial charge in [0.25, 0.3) is 0 Å². The number of hydrogen-bond donors (Lipinski definition) is 1. The Hall–Kier alpha value is -1.35. The number of carbonyl (C=O) groups is 1. The van der Waals surface area contributed by atoms with Gasteiger partial charge in [0.05, 0.1) is 6.61 Å². The van der Waals surface area contributed by atoms with E-state index in [-0.39, 0.29) is 17.7 Å². The van der Waals surface area contributed by atoms with Crippen molar-refractivity contribution in [3.63, 3.8) is 0 Å². The average molecular weight is 247 g/mol. The predicted molar refractivity (Wildman–Crippen MR) is 71.9 cm³/mol. The highest BCUT2D eigenvalue weighted by Crippen LogP contribution is 2.26. The van der Waals surface area contributed by atoms with Crippen molar-refractivity contribution in [3.8, 4) is 5.75 Å². The van der Waals surface area contributed by atoms with Crippen molar-refractivity contribution in [2.24, 2.45) is 11.7 Å². The molecule has 2 atom stereocenters. The number of ketones is 1. The molecule has 0 spiro atoms. The Bertz CT molecular complexity index is 399. The third-order valence-corrected chi connectivity index (χ3v) is 3.61. The van der Waals surface area contributed by atoms with Crippen molar-refractivity contribution in [1.29, 1.82) is 0 Å². The first-order valence-corrected chi connectivity index (χ1v) is 6.75. The predicted octanol–water partition coefficient (Wildman–Crippen LogP) is 2.79. The molecule has 1 aliphatic carbocycles. The molecule has 2 unspecified atom stereocenters. The minimum Gasteiger partial charge on any atom is -0.494 e. The SMILES string of the molecule is CCOc1ccc(C(=O)C2CCCCC2N)cc1. The van der Waals surface area contributed by atoms with Crippen molar-refractivity contribution in [1.82, 2.24) is 0 Å². The van der Waals surface area contributed by atoms with Gasteiger partial charge in [0, 0.05) is 17.5 Å². The van der Waals surface area contributed by atoms with Crippen LogP contribution in [0.1, 0.15) is 43.0 Å². The molecule has 1 aliphatic rings. The van der Waals surface area contributed by atoms with Gasteiger partial charge in [0.1, 0.15) is 5.75 Å². The summed E-state index contributed by atoms with van der Waals surface area (Å²) in [4.78, 5) is 12.4. The molecule has 98 valence electrons. The molecule has 0 radical (unpaired) electrons. The highest BCUT2D eigenvalue weighted by Gasteiger charge is 2.28. The Morgan fingerprint density at radius 1 is 1.28 bits per heavy atom. The van der Waals surface area contributed by atoms with Crippen LogP contribution in [0.3, 0.4) is 0 Å². The zero-order chi connectivity index (χ0) is 13.0. The van der Waals surface area contributed by atoms with Crippen LogP contribution in [-0.4, -0.2) is 18.4 Å². The molecule has 1 aromatic carbocycles. The minimum absolute atomic E-state index is 0.00306. The molecule has 0 aliphatic heterocycles. The quantitative estimate of drug-likeness (QED) is 0.832. The van der Waals surface area contributed by atoms with Crippen molar-refractivity contribution in [3.05, 3.63) is 29.8 Å². The molecule has 0 amide bonds. The zero-order valence-corrected chi connectivity index (χ0v) is 10.9. The van der Waals surface area contributed by atoms with Crippen molar-refractivity contribution < 1.29 is 9.53 Å². The number of benzene rings is 1. The fraction of sp³-hybridized carbons (Fsp3) is 0.533. The molecule has 1 fully saturated rings. The summed E-state index contributed by atoms with van der Waals surface area (Å²) in [5, 5.41) is 0. The number of hydrogen-bond acceptors (Lipinski definition) is 3. The van der Waals surface area contributed by atoms with Gasteiger partial charge < -0.3 is 10.5 Å². The fourth-order valence-corrected chi connectivity index (χ4v) is 2.58. The smallest absolute Gasteiger partial charge is 0.167 e. The number of ether oxygens (including phenoxy) is 1. The van der Waals surface area contributed by atoms with Gasteiger partial charge in [-0.3, -0.25) is 4.79 Å². The summed E-state index contributed by atoms with van der Waals surface area (Å²) in [6, 6.07) is 7.41. The van der Waals surface area contributed by atoms with Gasteiger partial charge in [-0.15, -0.1) is 0 Å². The topological polar surface area (TPSA) is 52.3 Å².